The van der Waals surface area contributed by atoms with Crippen LogP contribution in [0.2, 0.25) is 0 Å². The molecule has 0 aliphatic heterocycles. The van der Waals surface area contributed by atoms with Gasteiger partial charge >= 0.3 is 0 Å². The molecule has 0 radical (unpaired) electrons. The first kappa shape index (κ1) is 69.7. The van der Waals surface area contributed by atoms with E-state index in [0.717, 1.165) is 44.9 Å². The van der Waals surface area contributed by atoms with Crippen molar-refractivity contribution in [3.8, 4) is 0 Å². The number of hydrogen-bond donors (Lipinski definition) is 2. The summed E-state index contributed by atoms with van der Waals surface area (Å²) in [5, 5.41) is 13.8. The molecule has 0 spiro atoms. The van der Waals surface area contributed by atoms with E-state index in [1.165, 1.54) is 238 Å². The SMILES string of the molecule is CCCCCCCCCC/C=C/C(O)C(COP(=O)([O-])OCC[N+](C)(C)C)NC(=O)CCCCCCCCCCCCCCCCCCC/C=C\C/C=C\CCCCCCCCCCCCCCCCC. The summed E-state index contributed by atoms with van der Waals surface area (Å²) in [4.78, 5) is 25.4. The standard InChI is InChI=1S/C62H121N2O6P/c1-6-8-10-12-14-16-18-19-20-21-22-23-24-25-26-27-28-29-30-31-32-33-34-35-36-37-38-39-40-41-42-43-44-45-46-48-50-52-54-56-62(66)63-60(59-70-71(67,68)69-58-57-64(3,4)5)61(65)55-53-51-49-47-17-15-13-11-9-7-2/h28-29,31-32,53,55,60-61,65H,6-27,30,33-52,54,56-59H2,1-5H3,(H-,63,66,67,68)/b29-28-,32-31-,55-53+. The van der Waals surface area contributed by atoms with E-state index in [4.69, 9.17) is 9.05 Å². The zero-order valence-electron chi connectivity index (χ0n) is 47.9. The number of carbonyl (C=O) groups excluding carboxylic acids is 1. The molecule has 0 aromatic carbocycles. The number of amides is 1. The van der Waals surface area contributed by atoms with Crippen LogP contribution in [0.5, 0.6) is 0 Å². The van der Waals surface area contributed by atoms with Gasteiger partial charge in [0.05, 0.1) is 39.9 Å². The van der Waals surface area contributed by atoms with Gasteiger partial charge in [0.15, 0.2) is 0 Å². The molecule has 0 saturated heterocycles. The molecule has 1 amide bonds. The van der Waals surface area contributed by atoms with Crippen molar-refractivity contribution in [1.82, 2.24) is 5.32 Å². The average molecular weight is 1020 g/mol. The second kappa shape index (κ2) is 53.5. The van der Waals surface area contributed by atoms with Crippen molar-refractivity contribution in [2.24, 2.45) is 0 Å². The van der Waals surface area contributed by atoms with Gasteiger partial charge in [0.25, 0.3) is 7.82 Å². The van der Waals surface area contributed by atoms with Crippen LogP contribution >= 0.6 is 7.82 Å². The molecule has 0 rings (SSSR count). The number of likely N-dealkylation sites (N-methyl/N-ethyl adjacent to an activating group) is 1. The number of rotatable bonds is 57. The van der Waals surface area contributed by atoms with Gasteiger partial charge in [-0.2, -0.15) is 0 Å². The normalized spacial score (nSPS) is 14.1. The Labute approximate surface area is 442 Å². The molecule has 3 unspecified atom stereocenters. The molecule has 0 aliphatic rings. The first-order valence-corrected chi connectivity index (χ1v) is 32.3. The van der Waals surface area contributed by atoms with Crippen LogP contribution in [0.4, 0.5) is 0 Å². The summed E-state index contributed by atoms with van der Waals surface area (Å²) in [5.74, 6) is -0.196. The number of carbonyl (C=O) groups is 1. The first-order valence-electron chi connectivity index (χ1n) is 30.9. The number of quaternary nitrogens is 1. The molecular weight excluding hydrogens is 900 g/mol. The second-order valence-electron chi connectivity index (χ2n) is 22.4. The van der Waals surface area contributed by atoms with E-state index in [0.29, 0.717) is 17.4 Å². The monoisotopic (exact) mass is 1020 g/mol. The van der Waals surface area contributed by atoms with E-state index in [-0.39, 0.29) is 19.1 Å². The highest BCUT2D eigenvalue weighted by Crippen LogP contribution is 2.38. The number of phosphoric acid groups is 1. The Kier molecular flexibility index (Phi) is 52.6. The first-order chi connectivity index (χ1) is 34.5. The van der Waals surface area contributed by atoms with Gasteiger partial charge in [-0.25, -0.2) is 0 Å². The molecule has 420 valence electrons. The van der Waals surface area contributed by atoms with Gasteiger partial charge in [-0.1, -0.05) is 281 Å². The summed E-state index contributed by atoms with van der Waals surface area (Å²) in [7, 11) is 1.27. The Bertz CT molecular complexity index is 1250. The third-order valence-corrected chi connectivity index (χ3v) is 15.1. The molecule has 0 saturated carbocycles. The Hall–Kier alpha value is -1.28. The van der Waals surface area contributed by atoms with Crippen LogP contribution in [-0.2, 0) is 18.4 Å². The highest BCUT2D eigenvalue weighted by atomic mass is 31.2. The Morgan fingerprint density at radius 1 is 0.493 bits per heavy atom. The van der Waals surface area contributed by atoms with Gasteiger partial charge in [-0.15, -0.1) is 0 Å². The minimum atomic E-state index is -4.59. The van der Waals surface area contributed by atoms with E-state index in [1.807, 2.05) is 27.2 Å². The topological polar surface area (TPSA) is 108 Å². The largest absolute Gasteiger partial charge is 0.756 e. The van der Waals surface area contributed by atoms with Gasteiger partial charge in [0.2, 0.25) is 5.91 Å². The fourth-order valence-corrected chi connectivity index (χ4v) is 9.97. The number of hydrogen-bond acceptors (Lipinski definition) is 6. The Morgan fingerprint density at radius 2 is 0.817 bits per heavy atom. The minimum absolute atomic E-state index is 0.000104. The Balaban J connectivity index is 3.84. The van der Waals surface area contributed by atoms with Crippen LogP contribution < -0.4 is 10.2 Å². The van der Waals surface area contributed by atoms with Crippen LogP contribution in [0, 0.1) is 0 Å². The summed E-state index contributed by atoms with van der Waals surface area (Å²) < 4.78 is 23.3. The average Bonchev–Trinajstić information content (AvgIpc) is 3.33. The van der Waals surface area contributed by atoms with Crippen LogP contribution in [0.15, 0.2) is 36.5 Å². The number of nitrogens with zero attached hydrogens (tertiary/aromatic N) is 1. The van der Waals surface area contributed by atoms with Crippen molar-refractivity contribution >= 4 is 13.7 Å². The van der Waals surface area contributed by atoms with Gasteiger partial charge in [-0.05, 0) is 51.4 Å². The lowest BCUT2D eigenvalue weighted by molar-refractivity contribution is -0.870. The van der Waals surface area contributed by atoms with E-state index in [1.54, 1.807) is 6.08 Å². The number of unbranched alkanes of at least 4 members (excludes halogenated alkanes) is 40. The minimum Gasteiger partial charge on any atom is -0.756 e. The van der Waals surface area contributed by atoms with E-state index in [2.05, 4.69) is 43.5 Å². The maximum absolute atomic E-state index is 12.9. The molecule has 2 N–H and O–H groups in total. The summed E-state index contributed by atoms with van der Waals surface area (Å²) in [6, 6.07) is -0.884. The summed E-state index contributed by atoms with van der Waals surface area (Å²) in [6.45, 7) is 4.65. The van der Waals surface area contributed by atoms with Gasteiger partial charge in [0.1, 0.15) is 13.2 Å². The Morgan fingerprint density at radius 3 is 1.17 bits per heavy atom. The van der Waals surface area contributed by atoms with Crippen LogP contribution in [-0.4, -0.2) is 68.5 Å². The van der Waals surface area contributed by atoms with Crippen molar-refractivity contribution in [3.05, 3.63) is 36.5 Å². The van der Waals surface area contributed by atoms with Crippen LogP contribution in [0.25, 0.3) is 0 Å². The molecule has 0 heterocycles. The molecule has 0 aromatic heterocycles. The molecule has 71 heavy (non-hydrogen) atoms. The van der Waals surface area contributed by atoms with Gasteiger partial charge in [0, 0.05) is 6.42 Å². The third kappa shape index (κ3) is 56.3. The molecular formula is C62H121N2O6P. The van der Waals surface area contributed by atoms with E-state index >= 15 is 0 Å². The smallest absolute Gasteiger partial charge is 0.268 e. The van der Waals surface area contributed by atoms with Crippen LogP contribution in [0.1, 0.15) is 303 Å². The van der Waals surface area contributed by atoms with Gasteiger partial charge < -0.3 is 28.8 Å². The number of nitrogens with one attached hydrogen (secondary N) is 1. The summed E-state index contributed by atoms with van der Waals surface area (Å²) in [6.07, 6.45) is 69.9. The lowest BCUT2D eigenvalue weighted by atomic mass is 10.0. The lowest BCUT2D eigenvalue weighted by Crippen LogP contribution is -2.45. The molecule has 0 bridgehead atoms. The van der Waals surface area contributed by atoms with Gasteiger partial charge in [-0.3, -0.25) is 9.36 Å². The second-order valence-corrected chi connectivity index (χ2v) is 23.8. The molecule has 0 aromatic rings. The molecule has 3 atom stereocenters. The highest BCUT2D eigenvalue weighted by Gasteiger charge is 2.23. The summed E-state index contributed by atoms with van der Waals surface area (Å²) >= 11 is 0. The molecule has 0 aliphatic carbocycles. The summed E-state index contributed by atoms with van der Waals surface area (Å²) in [5.41, 5.74) is 0. The van der Waals surface area contributed by atoms with Crippen LogP contribution in [0.3, 0.4) is 0 Å². The molecule has 0 fully saturated rings. The zero-order chi connectivity index (χ0) is 52.0. The predicted molar refractivity (Wildman–Crippen MR) is 307 cm³/mol. The maximum atomic E-state index is 12.9. The highest BCUT2D eigenvalue weighted by molar-refractivity contribution is 7.45. The van der Waals surface area contributed by atoms with Crippen molar-refractivity contribution in [3.63, 3.8) is 0 Å². The zero-order valence-corrected chi connectivity index (χ0v) is 48.8. The number of aliphatic hydroxyl groups excluding tert-OH is 1. The number of aliphatic hydroxyl groups is 1. The fraction of sp³-hybridized carbons (Fsp3) is 0.887. The van der Waals surface area contributed by atoms with Crippen molar-refractivity contribution in [2.45, 2.75) is 315 Å². The number of phosphoric ester groups is 1. The lowest BCUT2D eigenvalue weighted by Gasteiger charge is -2.29. The molecule has 8 nitrogen and oxygen atoms in total. The van der Waals surface area contributed by atoms with Crippen molar-refractivity contribution in [2.75, 3.05) is 40.9 Å². The fourth-order valence-electron chi connectivity index (χ4n) is 9.25. The van der Waals surface area contributed by atoms with Crippen molar-refractivity contribution in [1.29, 1.82) is 0 Å². The van der Waals surface area contributed by atoms with Crippen molar-refractivity contribution < 1.29 is 32.9 Å². The third-order valence-electron chi connectivity index (χ3n) is 14.1. The predicted octanol–water partition coefficient (Wildman–Crippen LogP) is 18.3. The quantitative estimate of drug-likeness (QED) is 0.0272. The number of allylic oxidation sites excluding steroid dienone is 5. The van der Waals surface area contributed by atoms with E-state index in [9.17, 15) is 19.4 Å². The molecule has 9 heteroatoms. The van der Waals surface area contributed by atoms with E-state index < -0.39 is 20.0 Å². The maximum Gasteiger partial charge on any atom is 0.268 e.